The monoisotopic (exact) mass is 248 g/mol. The van der Waals surface area contributed by atoms with E-state index in [0.717, 1.165) is 25.0 Å². The minimum Gasteiger partial charge on any atom is -0.395 e. The van der Waals surface area contributed by atoms with Crippen LogP contribution in [0.5, 0.6) is 0 Å². The number of rotatable bonds is 3. The molecule has 0 aromatic carbocycles. The summed E-state index contributed by atoms with van der Waals surface area (Å²) in [6.07, 6.45) is 2.63. The Kier molecular flexibility index (Phi) is 3.61. The van der Waals surface area contributed by atoms with E-state index in [2.05, 4.69) is 9.97 Å². The van der Waals surface area contributed by atoms with Gasteiger partial charge in [0.2, 0.25) is 0 Å². The minimum absolute atomic E-state index is 0.179. The van der Waals surface area contributed by atoms with Crippen LogP contribution in [0.15, 0.2) is 0 Å². The Hall–Kier alpha value is -1.49. The van der Waals surface area contributed by atoms with Crippen molar-refractivity contribution in [3.8, 4) is 0 Å². The van der Waals surface area contributed by atoms with Crippen LogP contribution in [-0.2, 0) is 11.2 Å². The van der Waals surface area contributed by atoms with Crippen LogP contribution in [0.25, 0.3) is 0 Å². The first-order valence-electron chi connectivity index (χ1n) is 6.40. The lowest BCUT2D eigenvalue weighted by Crippen LogP contribution is -2.24. The van der Waals surface area contributed by atoms with E-state index in [-0.39, 0.29) is 12.2 Å². The van der Waals surface area contributed by atoms with Gasteiger partial charge in [-0.2, -0.15) is 0 Å². The Labute approximate surface area is 107 Å². The molecular formula is C13H20N4O. The molecule has 2 heterocycles. The highest BCUT2D eigenvalue weighted by Gasteiger charge is 2.28. The third kappa shape index (κ3) is 2.36. The number of nitrogens with two attached hydrogens (primary N) is 1. The number of hydrogen-bond donors (Lipinski definition) is 2. The molecular weight excluding hydrogens is 228 g/mol. The van der Waals surface area contributed by atoms with Crippen molar-refractivity contribution < 1.29 is 4.74 Å². The summed E-state index contributed by atoms with van der Waals surface area (Å²) in [5.74, 6) is 0.659. The van der Waals surface area contributed by atoms with Crippen molar-refractivity contribution in [1.82, 2.24) is 9.97 Å². The summed E-state index contributed by atoms with van der Waals surface area (Å²) in [4.78, 5) is 8.61. The lowest BCUT2D eigenvalue weighted by Gasteiger charge is -2.15. The van der Waals surface area contributed by atoms with Gasteiger partial charge in [0.05, 0.1) is 23.2 Å². The maximum Gasteiger partial charge on any atom is 0.126 e. The summed E-state index contributed by atoms with van der Waals surface area (Å²) in [5.41, 5.74) is 8.31. The summed E-state index contributed by atoms with van der Waals surface area (Å²) in [6, 6.07) is 0. The molecule has 1 aromatic rings. The molecule has 2 atom stereocenters. The van der Waals surface area contributed by atoms with E-state index in [1.807, 2.05) is 20.8 Å². The third-order valence-corrected chi connectivity index (χ3v) is 3.28. The lowest BCUT2D eigenvalue weighted by molar-refractivity contribution is 0.0934. The molecule has 5 heteroatoms. The smallest absolute Gasteiger partial charge is 0.126 e. The van der Waals surface area contributed by atoms with Crippen molar-refractivity contribution in [3.05, 3.63) is 17.2 Å². The van der Waals surface area contributed by atoms with Crippen LogP contribution in [0.4, 0.5) is 5.69 Å². The number of nitrogen functional groups attached to an aromatic ring is 1. The van der Waals surface area contributed by atoms with Crippen LogP contribution in [0, 0.1) is 12.3 Å². The van der Waals surface area contributed by atoms with Gasteiger partial charge in [-0.1, -0.05) is 6.92 Å². The Morgan fingerprint density at radius 1 is 1.44 bits per heavy atom. The average molecular weight is 248 g/mol. The van der Waals surface area contributed by atoms with Crippen LogP contribution in [0.1, 0.15) is 43.9 Å². The second kappa shape index (κ2) is 5.02. The number of nitrogens with one attached hydrogen (secondary N) is 1. The molecule has 0 saturated carbocycles. The summed E-state index contributed by atoms with van der Waals surface area (Å²) < 4.78 is 5.71. The van der Waals surface area contributed by atoms with E-state index in [1.54, 1.807) is 0 Å². The molecule has 0 amide bonds. The molecule has 1 aliphatic heterocycles. The molecule has 2 rings (SSSR count). The fraction of sp³-hybridized carbons (Fsp3) is 0.615. The SMILES string of the molecule is CCc1nc(C)nc(C(=N)C2CCC(C)O2)c1N. The van der Waals surface area contributed by atoms with E-state index in [1.165, 1.54) is 0 Å². The highest BCUT2D eigenvalue weighted by molar-refractivity contribution is 6.04. The Morgan fingerprint density at radius 3 is 2.72 bits per heavy atom. The highest BCUT2D eigenvalue weighted by Crippen LogP contribution is 2.25. The largest absolute Gasteiger partial charge is 0.395 e. The molecule has 0 radical (unpaired) electrons. The van der Waals surface area contributed by atoms with Crippen LogP contribution < -0.4 is 5.73 Å². The zero-order valence-corrected chi connectivity index (χ0v) is 11.2. The summed E-state index contributed by atoms with van der Waals surface area (Å²) in [5, 5.41) is 8.23. The van der Waals surface area contributed by atoms with Crippen LogP contribution >= 0.6 is 0 Å². The van der Waals surface area contributed by atoms with Crippen LogP contribution in [0.3, 0.4) is 0 Å². The molecule has 1 aliphatic rings. The van der Waals surface area contributed by atoms with E-state index in [9.17, 15) is 0 Å². The fourth-order valence-electron chi connectivity index (χ4n) is 2.28. The van der Waals surface area contributed by atoms with Gasteiger partial charge in [-0.25, -0.2) is 9.97 Å². The molecule has 1 fully saturated rings. The molecule has 3 N–H and O–H groups in total. The molecule has 18 heavy (non-hydrogen) atoms. The summed E-state index contributed by atoms with van der Waals surface area (Å²) in [6.45, 7) is 5.85. The molecule has 0 spiro atoms. The molecule has 1 saturated heterocycles. The van der Waals surface area contributed by atoms with Gasteiger partial charge in [-0.15, -0.1) is 0 Å². The average Bonchev–Trinajstić information content (AvgIpc) is 2.77. The number of anilines is 1. The minimum atomic E-state index is -0.179. The van der Waals surface area contributed by atoms with Crippen LogP contribution in [-0.4, -0.2) is 27.9 Å². The molecule has 5 nitrogen and oxygen atoms in total. The van der Waals surface area contributed by atoms with E-state index < -0.39 is 0 Å². The molecule has 2 unspecified atom stereocenters. The van der Waals surface area contributed by atoms with Gasteiger partial charge in [-0.05, 0) is 33.1 Å². The number of hydrogen-bond acceptors (Lipinski definition) is 5. The van der Waals surface area contributed by atoms with Gasteiger partial charge in [-0.3, -0.25) is 0 Å². The van der Waals surface area contributed by atoms with Crippen molar-refractivity contribution in [2.45, 2.75) is 52.2 Å². The topological polar surface area (TPSA) is 84.9 Å². The van der Waals surface area contributed by atoms with Crippen molar-refractivity contribution in [2.75, 3.05) is 5.73 Å². The quantitative estimate of drug-likeness (QED) is 0.800. The lowest BCUT2D eigenvalue weighted by atomic mass is 10.0. The van der Waals surface area contributed by atoms with Gasteiger partial charge in [0.15, 0.2) is 0 Å². The Bertz CT molecular complexity index is 472. The van der Waals surface area contributed by atoms with E-state index in [0.29, 0.717) is 22.9 Å². The summed E-state index contributed by atoms with van der Waals surface area (Å²) >= 11 is 0. The van der Waals surface area contributed by atoms with Crippen molar-refractivity contribution in [3.63, 3.8) is 0 Å². The van der Waals surface area contributed by atoms with Gasteiger partial charge < -0.3 is 15.9 Å². The normalized spacial score (nSPS) is 23.3. The number of aryl methyl sites for hydroxylation is 2. The Morgan fingerprint density at radius 2 is 2.17 bits per heavy atom. The van der Waals surface area contributed by atoms with E-state index in [4.69, 9.17) is 15.9 Å². The third-order valence-electron chi connectivity index (χ3n) is 3.28. The predicted octanol–water partition coefficient (Wildman–Crippen LogP) is 1.86. The van der Waals surface area contributed by atoms with Crippen molar-refractivity contribution >= 4 is 11.4 Å². The Balaban J connectivity index is 2.32. The predicted molar refractivity (Wildman–Crippen MR) is 71.0 cm³/mol. The van der Waals surface area contributed by atoms with Gasteiger partial charge in [0.1, 0.15) is 17.6 Å². The molecule has 1 aromatic heterocycles. The second-order valence-electron chi connectivity index (χ2n) is 4.76. The van der Waals surface area contributed by atoms with Crippen molar-refractivity contribution in [2.24, 2.45) is 0 Å². The zero-order chi connectivity index (χ0) is 13.3. The zero-order valence-electron chi connectivity index (χ0n) is 11.2. The number of aromatic nitrogens is 2. The standard InChI is InChI=1S/C13H20N4O/c1-4-9-11(14)13(17-8(3)16-9)12(15)10-6-5-7(2)18-10/h7,10,15H,4-6,14H2,1-3H3. The molecule has 0 bridgehead atoms. The first-order valence-corrected chi connectivity index (χ1v) is 6.40. The summed E-state index contributed by atoms with van der Waals surface area (Å²) in [7, 11) is 0. The highest BCUT2D eigenvalue weighted by atomic mass is 16.5. The maximum absolute atomic E-state index is 8.23. The second-order valence-corrected chi connectivity index (χ2v) is 4.76. The molecule has 98 valence electrons. The van der Waals surface area contributed by atoms with Crippen molar-refractivity contribution in [1.29, 1.82) is 5.41 Å². The first-order chi connectivity index (χ1) is 8.52. The maximum atomic E-state index is 8.23. The molecule has 0 aliphatic carbocycles. The number of ether oxygens (including phenoxy) is 1. The van der Waals surface area contributed by atoms with Gasteiger partial charge >= 0.3 is 0 Å². The first kappa shape index (κ1) is 13.0. The van der Waals surface area contributed by atoms with Crippen LogP contribution in [0.2, 0.25) is 0 Å². The fourth-order valence-corrected chi connectivity index (χ4v) is 2.28. The van der Waals surface area contributed by atoms with Gasteiger partial charge in [0, 0.05) is 0 Å². The van der Waals surface area contributed by atoms with Gasteiger partial charge in [0.25, 0.3) is 0 Å². The van der Waals surface area contributed by atoms with E-state index >= 15 is 0 Å². The number of nitrogens with zero attached hydrogens (tertiary/aromatic N) is 2.